The predicted octanol–water partition coefficient (Wildman–Crippen LogP) is 2.50. The van der Waals surface area contributed by atoms with Gasteiger partial charge in [0, 0.05) is 17.7 Å². The van der Waals surface area contributed by atoms with E-state index in [4.69, 9.17) is 4.74 Å². The Hall–Kier alpha value is -0.820. The molecule has 0 heterocycles. The number of aliphatic hydroxyl groups is 1. The van der Waals surface area contributed by atoms with Crippen molar-refractivity contribution < 1.29 is 23.1 Å². The first kappa shape index (κ1) is 22.2. The molecule has 0 fully saturated rings. The molecule has 6 nitrogen and oxygen atoms in total. The van der Waals surface area contributed by atoms with E-state index in [-0.39, 0.29) is 24.7 Å². The van der Waals surface area contributed by atoms with Gasteiger partial charge in [0.25, 0.3) is 0 Å². The van der Waals surface area contributed by atoms with Crippen LogP contribution in [0.3, 0.4) is 0 Å². The van der Waals surface area contributed by atoms with Crippen molar-refractivity contribution in [3.63, 3.8) is 0 Å². The number of hydrogen-bond acceptors (Lipinski definition) is 5. The molecule has 1 unspecified atom stereocenters. The van der Waals surface area contributed by atoms with Crippen LogP contribution in [0.4, 0.5) is 4.79 Å². The third-order valence-corrected chi connectivity index (χ3v) is 5.51. The quantitative estimate of drug-likeness (QED) is 0.631. The molecule has 0 aromatic rings. The minimum absolute atomic E-state index is 0.0944. The highest BCUT2D eigenvalue weighted by atomic mass is 32.2. The summed E-state index contributed by atoms with van der Waals surface area (Å²) in [7, 11) is -3.01. The molecule has 0 aliphatic rings. The van der Waals surface area contributed by atoms with Crippen LogP contribution in [0, 0.1) is 5.41 Å². The number of ether oxygens (including phenoxy) is 1. The number of alkyl carbamates (subject to hydrolysis) is 1. The maximum atomic E-state index is 11.8. The van der Waals surface area contributed by atoms with E-state index < -0.39 is 26.9 Å². The van der Waals surface area contributed by atoms with E-state index >= 15 is 0 Å². The topological polar surface area (TPSA) is 92.7 Å². The lowest BCUT2D eigenvalue weighted by Gasteiger charge is -2.32. The molecule has 0 spiro atoms. The van der Waals surface area contributed by atoms with Gasteiger partial charge in [-0.1, -0.05) is 20.3 Å². The van der Waals surface area contributed by atoms with Crippen molar-refractivity contribution in [1.29, 1.82) is 0 Å². The number of hydrogen-bond donors (Lipinski definition) is 2. The van der Waals surface area contributed by atoms with Gasteiger partial charge >= 0.3 is 6.09 Å². The minimum Gasteiger partial charge on any atom is -0.444 e. The Balaban J connectivity index is 4.68. The van der Waals surface area contributed by atoms with Crippen molar-refractivity contribution in [2.24, 2.45) is 5.41 Å². The van der Waals surface area contributed by atoms with Crippen molar-refractivity contribution in [2.45, 2.75) is 65.9 Å². The lowest BCUT2D eigenvalue weighted by atomic mass is 9.80. The van der Waals surface area contributed by atoms with Crippen LogP contribution in [-0.4, -0.2) is 49.9 Å². The zero-order valence-electron chi connectivity index (χ0n) is 15.1. The molecule has 0 saturated carbocycles. The fourth-order valence-electron chi connectivity index (χ4n) is 2.43. The number of amides is 1. The maximum Gasteiger partial charge on any atom is 0.407 e. The molecule has 23 heavy (non-hydrogen) atoms. The monoisotopic (exact) mass is 351 g/mol. The van der Waals surface area contributed by atoms with Gasteiger partial charge in [-0.15, -0.1) is 0 Å². The Kier molecular flexibility index (Phi) is 9.13. The minimum atomic E-state index is -3.01. The van der Waals surface area contributed by atoms with Crippen LogP contribution in [0.1, 0.15) is 60.3 Å². The lowest BCUT2D eigenvalue weighted by molar-refractivity contribution is 0.0443. The third-order valence-electron chi connectivity index (χ3n) is 3.72. The van der Waals surface area contributed by atoms with Crippen molar-refractivity contribution in [1.82, 2.24) is 5.32 Å². The number of aliphatic hydroxyl groups excluding tert-OH is 1. The molecule has 7 heteroatoms. The molecular weight excluding hydrogens is 318 g/mol. The van der Waals surface area contributed by atoms with Crippen LogP contribution >= 0.6 is 0 Å². The highest BCUT2D eigenvalue weighted by Gasteiger charge is 2.30. The molecule has 0 bridgehead atoms. The SMILES string of the molecule is CCCC(CO)(CCCS(=O)(=O)CC)CNC(=O)OC(C)(C)C. The Morgan fingerprint density at radius 3 is 2.22 bits per heavy atom. The van der Waals surface area contributed by atoms with E-state index in [1.54, 1.807) is 27.7 Å². The average Bonchev–Trinajstić information content (AvgIpc) is 2.43. The van der Waals surface area contributed by atoms with Crippen LogP contribution < -0.4 is 5.32 Å². The number of carbonyl (C=O) groups excluding carboxylic acids is 1. The summed E-state index contributed by atoms with van der Waals surface area (Å²) in [6.07, 6.45) is 2.06. The summed E-state index contributed by atoms with van der Waals surface area (Å²) < 4.78 is 28.4. The molecule has 1 amide bonds. The van der Waals surface area contributed by atoms with Gasteiger partial charge in [-0.25, -0.2) is 13.2 Å². The first-order valence-electron chi connectivity index (χ1n) is 8.27. The fourth-order valence-corrected chi connectivity index (χ4v) is 3.30. The zero-order chi connectivity index (χ0) is 18.1. The highest BCUT2D eigenvalue weighted by Crippen LogP contribution is 2.29. The number of sulfone groups is 1. The van der Waals surface area contributed by atoms with E-state index in [1.165, 1.54) is 0 Å². The summed E-state index contributed by atoms with van der Waals surface area (Å²) in [5, 5.41) is 12.5. The van der Waals surface area contributed by atoms with Crippen LogP contribution in [0.5, 0.6) is 0 Å². The summed E-state index contributed by atoms with van der Waals surface area (Å²) in [5.41, 5.74) is -1.08. The van der Waals surface area contributed by atoms with Crippen LogP contribution in [0.15, 0.2) is 0 Å². The van der Waals surface area contributed by atoms with Crippen molar-refractivity contribution in [2.75, 3.05) is 24.7 Å². The van der Waals surface area contributed by atoms with Crippen molar-refractivity contribution in [3.05, 3.63) is 0 Å². The van der Waals surface area contributed by atoms with E-state index in [1.807, 2.05) is 6.92 Å². The molecular formula is C16H33NO5S. The Bertz CT molecular complexity index is 456. The summed E-state index contributed by atoms with van der Waals surface area (Å²) in [6, 6.07) is 0. The second-order valence-electron chi connectivity index (χ2n) is 7.10. The molecule has 2 N–H and O–H groups in total. The molecule has 138 valence electrons. The Morgan fingerprint density at radius 1 is 1.17 bits per heavy atom. The maximum absolute atomic E-state index is 11.8. The van der Waals surface area contributed by atoms with E-state index in [0.717, 1.165) is 6.42 Å². The number of nitrogens with one attached hydrogen (secondary N) is 1. The average molecular weight is 352 g/mol. The van der Waals surface area contributed by atoms with E-state index in [9.17, 15) is 18.3 Å². The fraction of sp³-hybridized carbons (Fsp3) is 0.938. The summed E-state index contributed by atoms with van der Waals surface area (Å²) >= 11 is 0. The van der Waals surface area contributed by atoms with Crippen LogP contribution in [0.2, 0.25) is 0 Å². The largest absolute Gasteiger partial charge is 0.444 e. The van der Waals surface area contributed by atoms with Gasteiger partial charge in [0.2, 0.25) is 0 Å². The van der Waals surface area contributed by atoms with Gasteiger partial charge in [-0.05, 0) is 40.0 Å². The molecule has 1 atom stereocenters. The zero-order valence-corrected chi connectivity index (χ0v) is 16.0. The third kappa shape index (κ3) is 9.81. The molecule has 0 rings (SSSR count). The van der Waals surface area contributed by atoms with Crippen molar-refractivity contribution >= 4 is 15.9 Å². The number of rotatable bonds is 10. The van der Waals surface area contributed by atoms with Gasteiger partial charge in [-0.3, -0.25) is 0 Å². The summed E-state index contributed by atoms with van der Waals surface area (Å²) in [5.74, 6) is 0.241. The van der Waals surface area contributed by atoms with E-state index in [0.29, 0.717) is 19.3 Å². The van der Waals surface area contributed by atoms with Gasteiger partial charge in [0.05, 0.1) is 12.4 Å². The summed E-state index contributed by atoms with van der Waals surface area (Å²) in [6.45, 7) is 9.17. The van der Waals surface area contributed by atoms with Gasteiger partial charge in [0.15, 0.2) is 0 Å². The second kappa shape index (κ2) is 9.47. The molecule has 0 aliphatic heterocycles. The van der Waals surface area contributed by atoms with Crippen molar-refractivity contribution in [3.8, 4) is 0 Å². The molecule has 0 aromatic heterocycles. The Labute approximate surface area is 140 Å². The predicted molar refractivity (Wildman–Crippen MR) is 92.2 cm³/mol. The van der Waals surface area contributed by atoms with Crippen LogP contribution in [-0.2, 0) is 14.6 Å². The highest BCUT2D eigenvalue weighted by molar-refractivity contribution is 7.91. The van der Waals surface area contributed by atoms with Crippen LogP contribution in [0.25, 0.3) is 0 Å². The smallest absolute Gasteiger partial charge is 0.407 e. The first-order chi connectivity index (χ1) is 10.5. The lowest BCUT2D eigenvalue weighted by Crippen LogP contribution is -2.42. The van der Waals surface area contributed by atoms with E-state index in [2.05, 4.69) is 5.32 Å². The Morgan fingerprint density at radius 2 is 1.78 bits per heavy atom. The second-order valence-corrected chi connectivity index (χ2v) is 9.58. The van der Waals surface area contributed by atoms with Gasteiger partial charge in [0.1, 0.15) is 15.4 Å². The molecule has 0 aromatic carbocycles. The first-order valence-corrected chi connectivity index (χ1v) is 10.1. The van der Waals surface area contributed by atoms with Gasteiger partial charge in [-0.2, -0.15) is 0 Å². The molecule has 0 radical (unpaired) electrons. The normalized spacial score (nSPS) is 15.0. The number of carbonyl (C=O) groups is 1. The molecule has 0 aliphatic carbocycles. The van der Waals surface area contributed by atoms with Gasteiger partial charge < -0.3 is 15.2 Å². The standard InChI is InChI=1S/C16H33NO5S/c1-6-9-16(13-18,10-8-11-23(20,21)7-2)12-17-14(19)22-15(3,4)5/h18H,6-13H2,1-5H3,(H,17,19). The molecule has 0 saturated heterocycles. The summed E-state index contributed by atoms with van der Waals surface area (Å²) in [4.78, 5) is 11.8.